The van der Waals surface area contributed by atoms with Crippen molar-refractivity contribution in [2.24, 2.45) is 0 Å². The summed E-state index contributed by atoms with van der Waals surface area (Å²) >= 11 is 0. The van der Waals surface area contributed by atoms with Crippen LogP contribution in [-0.2, 0) is 0 Å². The largest absolute Gasteiger partial charge is 0.133 e. The predicted octanol–water partition coefficient (Wildman–Crippen LogP) is 0.834. The second kappa shape index (κ2) is 5.66. The molecule has 0 aromatic carbocycles. The molecule has 0 unspecified atom stereocenters. The second-order valence-corrected chi connectivity index (χ2v) is 6.35. The lowest BCUT2D eigenvalue weighted by atomic mass is 10.8. The summed E-state index contributed by atoms with van der Waals surface area (Å²) in [4.78, 5) is 0. The van der Waals surface area contributed by atoms with Gasteiger partial charge in [-0.1, -0.05) is 16.9 Å². The van der Waals surface area contributed by atoms with Crippen LogP contribution in [0.3, 0.4) is 0 Å². The highest BCUT2D eigenvalue weighted by molar-refractivity contribution is 8.84. The molecule has 36 valence electrons. The van der Waals surface area contributed by atoms with E-state index >= 15 is 0 Å². The summed E-state index contributed by atoms with van der Waals surface area (Å²) < 4.78 is 0. The Hall–Kier alpha value is 0.657. The van der Waals surface area contributed by atoms with Gasteiger partial charge in [0.15, 0.2) is 0 Å². The topological polar surface area (TPSA) is 0 Å². The monoisotopic (exact) mass is 136 g/mol. The Kier molecular flexibility index (Phi) is 6.28. The highest BCUT2D eigenvalue weighted by atomic mass is 33.2. The fourth-order valence-electron chi connectivity index (χ4n) is 0.116. The molecule has 0 fully saturated rings. The van der Waals surface area contributed by atoms with Crippen LogP contribution >= 0.6 is 21.0 Å². The maximum Gasteiger partial charge on any atom is 0.0835 e. The first-order chi connectivity index (χ1) is 2.91. The third-order valence-corrected chi connectivity index (χ3v) is 4.15. The molecular formula is C3H8S2Si. The van der Waals surface area contributed by atoms with Crippen molar-refractivity contribution in [3.05, 3.63) is 12.7 Å². The molecule has 0 aliphatic heterocycles. The van der Waals surface area contributed by atoms with Crippen molar-refractivity contribution in [1.29, 1.82) is 0 Å². The predicted molar refractivity (Wildman–Crippen MR) is 40.2 cm³/mol. The van der Waals surface area contributed by atoms with E-state index in [0.717, 1.165) is 5.75 Å². The van der Waals surface area contributed by atoms with Crippen molar-refractivity contribution in [3.8, 4) is 0 Å². The van der Waals surface area contributed by atoms with Crippen molar-refractivity contribution in [2.45, 2.75) is 0 Å². The zero-order chi connectivity index (χ0) is 4.83. The Bertz CT molecular complexity index is 37.8. The lowest BCUT2D eigenvalue weighted by molar-refractivity contribution is 1.84. The Balaban J connectivity index is 2.49. The average molecular weight is 136 g/mol. The smallest absolute Gasteiger partial charge is 0.0835 e. The van der Waals surface area contributed by atoms with Gasteiger partial charge in [-0.05, 0) is 0 Å². The molecule has 0 aromatic rings. The number of hydrogen-bond acceptors (Lipinski definition) is 2. The molecule has 0 aliphatic carbocycles. The summed E-state index contributed by atoms with van der Waals surface area (Å²) in [6.07, 6.45) is 1.93. The van der Waals surface area contributed by atoms with E-state index in [2.05, 4.69) is 6.58 Å². The highest BCUT2D eigenvalue weighted by Gasteiger charge is 1.71. The molecule has 3 heteroatoms. The quantitative estimate of drug-likeness (QED) is 0.244. The fraction of sp³-hybridized carbons (Fsp3) is 0.333. The molecule has 0 aliphatic rings. The molecular weight excluding hydrogens is 128 g/mol. The van der Waals surface area contributed by atoms with Crippen LogP contribution in [0.4, 0.5) is 0 Å². The lowest BCUT2D eigenvalue weighted by Crippen LogP contribution is -1.57. The van der Waals surface area contributed by atoms with Crippen molar-refractivity contribution >= 4 is 30.4 Å². The van der Waals surface area contributed by atoms with E-state index in [9.17, 15) is 0 Å². The summed E-state index contributed by atoms with van der Waals surface area (Å²) in [5, 5.41) is 0. The zero-order valence-electron chi connectivity index (χ0n) is 3.81. The maximum absolute atomic E-state index is 3.58. The Morgan fingerprint density at radius 2 is 2.50 bits per heavy atom. The Morgan fingerprint density at radius 1 is 1.83 bits per heavy atom. The molecule has 0 rings (SSSR count). The molecule has 0 nitrogen and oxygen atoms in total. The van der Waals surface area contributed by atoms with Crippen molar-refractivity contribution in [2.75, 3.05) is 5.75 Å². The van der Waals surface area contributed by atoms with E-state index < -0.39 is 0 Å². The molecule has 0 radical (unpaired) electrons. The van der Waals surface area contributed by atoms with Gasteiger partial charge < -0.3 is 0 Å². The van der Waals surface area contributed by atoms with Crippen LogP contribution < -0.4 is 0 Å². The third-order valence-electron chi connectivity index (χ3n) is 0.304. The third kappa shape index (κ3) is 4.66. The van der Waals surface area contributed by atoms with Crippen LogP contribution in [0.25, 0.3) is 0 Å². The molecule has 0 amide bonds. The normalized spacial score (nSPS) is 8.67. The van der Waals surface area contributed by atoms with Crippen LogP contribution in [0.15, 0.2) is 12.7 Å². The molecule has 0 saturated carbocycles. The maximum atomic E-state index is 3.58. The minimum absolute atomic E-state index is 1.09. The van der Waals surface area contributed by atoms with Gasteiger partial charge in [-0.15, -0.1) is 16.8 Å². The molecule has 0 bridgehead atoms. The van der Waals surface area contributed by atoms with E-state index in [-0.39, 0.29) is 0 Å². The van der Waals surface area contributed by atoms with Crippen LogP contribution in [0, 0.1) is 0 Å². The molecule has 0 aromatic heterocycles. The van der Waals surface area contributed by atoms with Gasteiger partial charge in [-0.3, -0.25) is 0 Å². The van der Waals surface area contributed by atoms with E-state index in [4.69, 9.17) is 0 Å². The van der Waals surface area contributed by atoms with E-state index in [0.29, 0.717) is 0 Å². The van der Waals surface area contributed by atoms with Crippen LogP contribution in [0.2, 0.25) is 0 Å². The molecule has 0 saturated heterocycles. The van der Waals surface area contributed by atoms with Gasteiger partial charge in [0.1, 0.15) is 0 Å². The van der Waals surface area contributed by atoms with Gasteiger partial charge in [-0.2, -0.15) is 0 Å². The summed E-state index contributed by atoms with van der Waals surface area (Å²) in [6.45, 7) is 3.58. The van der Waals surface area contributed by atoms with Gasteiger partial charge in [-0.25, -0.2) is 0 Å². The first-order valence-corrected chi connectivity index (χ1v) is 6.86. The Labute approximate surface area is 49.2 Å². The summed E-state index contributed by atoms with van der Waals surface area (Å²) in [5.74, 6) is 1.09. The van der Waals surface area contributed by atoms with Gasteiger partial charge in [0, 0.05) is 5.75 Å². The Morgan fingerprint density at radius 3 is 2.67 bits per heavy atom. The van der Waals surface area contributed by atoms with E-state index in [1.165, 1.54) is 9.39 Å². The standard InChI is InChI=1S/C3H8S2Si/c1-2-3-4-5-6/h2H,1,3H2,6H3. The first kappa shape index (κ1) is 6.66. The zero-order valence-corrected chi connectivity index (χ0v) is 7.44. The molecule has 0 N–H and O–H groups in total. The summed E-state index contributed by atoms with van der Waals surface area (Å²) in [5.41, 5.74) is 0. The van der Waals surface area contributed by atoms with Crippen molar-refractivity contribution < 1.29 is 0 Å². The van der Waals surface area contributed by atoms with E-state index in [1.807, 2.05) is 27.1 Å². The molecule has 0 atom stereocenters. The van der Waals surface area contributed by atoms with Crippen LogP contribution in [0.5, 0.6) is 0 Å². The van der Waals surface area contributed by atoms with E-state index in [1.54, 1.807) is 0 Å². The number of hydrogen-bond donors (Lipinski definition) is 0. The van der Waals surface area contributed by atoms with Crippen molar-refractivity contribution in [3.63, 3.8) is 0 Å². The van der Waals surface area contributed by atoms with Gasteiger partial charge in [0.25, 0.3) is 0 Å². The average Bonchev–Trinajstić information content (AvgIpc) is 1.61. The van der Waals surface area contributed by atoms with Gasteiger partial charge in [0.05, 0.1) is 9.39 Å². The minimum atomic E-state index is 1.09. The minimum Gasteiger partial charge on any atom is -0.133 e. The molecule has 0 heterocycles. The van der Waals surface area contributed by atoms with Crippen molar-refractivity contribution in [1.82, 2.24) is 0 Å². The summed E-state index contributed by atoms with van der Waals surface area (Å²) in [6, 6.07) is 0. The highest BCUT2D eigenvalue weighted by Crippen LogP contribution is 2.14. The summed E-state index contributed by atoms with van der Waals surface area (Å²) in [7, 11) is 5.01. The lowest BCUT2D eigenvalue weighted by Gasteiger charge is -1.82. The van der Waals surface area contributed by atoms with Gasteiger partial charge in [0.2, 0.25) is 0 Å². The van der Waals surface area contributed by atoms with Crippen LogP contribution in [0.1, 0.15) is 0 Å². The van der Waals surface area contributed by atoms with Gasteiger partial charge >= 0.3 is 0 Å². The SMILES string of the molecule is C=CCSS[SiH3]. The van der Waals surface area contributed by atoms with Crippen LogP contribution in [-0.4, -0.2) is 15.1 Å². The fourth-order valence-corrected chi connectivity index (χ4v) is 2.27. The number of rotatable bonds is 3. The molecule has 6 heavy (non-hydrogen) atoms. The first-order valence-electron chi connectivity index (χ1n) is 1.68. The molecule has 0 spiro atoms. The second-order valence-electron chi connectivity index (χ2n) is 0.740.